The number of aromatic carboxylic acids is 1. The highest BCUT2D eigenvalue weighted by Gasteiger charge is 2.21. The molecule has 3 rings (SSSR count). The summed E-state index contributed by atoms with van der Waals surface area (Å²) in [6, 6.07) is 12.0. The number of carbonyl (C=O) groups is 1. The van der Waals surface area contributed by atoms with E-state index in [2.05, 4.69) is 30.6 Å². The van der Waals surface area contributed by atoms with Crippen LogP contribution >= 0.6 is 15.9 Å². The van der Waals surface area contributed by atoms with Gasteiger partial charge in [-0.25, -0.2) is 18.2 Å². The minimum Gasteiger partial charge on any atom is -0.501 e. The van der Waals surface area contributed by atoms with Crippen molar-refractivity contribution in [2.75, 3.05) is 4.72 Å². The number of nitrogens with one attached hydrogen (secondary N) is 2. The summed E-state index contributed by atoms with van der Waals surface area (Å²) in [5.41, 5.74) is -1.72. The number of carboxylic acid groups (broad SMARTS) is 1. The highest BCUT2D eigenvalue weighted by atomic mass is 79.9. The monoisotopic (exact) mass is 465 g/mol. The molecule has 0 unspecified atom stereocenters. The Morgan fingerprint density at radius 1 is 1.14 bits per heavy atom. The molecule has 0 spiro atoms. The van der Waals surface area contributed by atoms with Gasteiger partial charge in [0.2, 0.25) is 5.75 Å². The molecular weight excluding hydrogens is 454 g/mol. The number of benzene rings is 2. The molecule has 1 heterocycles. The maximum atomic E-state index is 12.7. The smallest absolute Gasteiger partial charge is 0.358 e. The maximum absolute atomic E-state index is 12.7. The van der Waals surface area contributed by atoms with Gasteiger partial charge in [0.1, 0.15) is 5.82 Å². The lowest BCUT2D eigenvalue weighted by atomic mass is 10.1. The molecule has 11 heteroatoms. The van der Waals surface area contributed by atoms with Crippen molar-refractivity contribution in [1.82, 2.24) is 9.97 Å². The van der Waals surface area contributed by atoms with E-state index in [9.17, 15) is 23.1 Å². The predicted octanol–water partition coefficient (Wildman–Crippen LogP) is 2.40. The van der Waals surface area contributed by atoms with Crippen LogP contribution in [0.4, 0.5) is 5.69 Å². The fraction of sp³-hybridized carbons (Fsp3) is 0. The zero-order chi connectivity index (χ0) is 20.5. The van der Waals surface area contributed by atoms with Gasteiger partial charge in [0.05, 0.1) is 10.6 Å². The molecule has 0 saturated carbocycles. The molecule has 0 aliphatic carbocycles. The third-order valence-corrected chi connectivity index (χ3v) is 5.49. The van der Waals surface area contributed by atoms with E-state index in [-0.39, 0.29) is 22.0 Å². The van der Waals surface area contributed by atoms with Crippen molar-refractivity contribution in [2.45, 2.75) is 4.90 Å². The van der Waals surface area contributed by atoms with Crippen molar-refractivity contribution in [1.29, 1.82) is 0 Å². The average Bonchev–Trinajstić information content (AvgIpc) is 2.64. The van der Waals surface area contributed by atoms with Gasteiger partial charge in [0, 0.05) is 10.0 Å². The number of nitrogens with zero attached hydrogens (tertiary/aromatic N) is 1. The standard InChI is InChI=1S/C17H12BrN3O6S/c18-9-4-3-5-10(8-9)28(26,27)21-12-7-2-1-6-11(12)15-19-13(17(24)25)14(22)16(23)20-15/h1-8,21-22H,(H,24,25)(H,19,20,23). The summed E-state index contributed by atoms with van der Waals surface area (Å²) in [7, 11) is -3.98. The molecule has 0 saturated heterocycles. The van der Waals surface area contributed by atoms with Crippen molar-refractivity contribution in [3.63, 3.8) is 0 Å². The van der Waals surface area contributed by atoms with Crippen LogP contribution in [0.5, 0.6) is 5.75 Å². The lowest BCUT2D eigenvalue weighted by molar-refractivity contribution is 0.0686. The van der Waals surface area contributed by atoms with Crippen molar-refractivity contribution in [2.24, 2.45) is 0 Å². The number of H-pyrrole nitrogens is 1. The number of hydrogen-bond donors (Lipinski definition) is 4. The minimum absolute atomic E-state index is 0.00457. The predicted molar refractivity (Wildman–Crippen MR) is 104 cm³/mol. The Labute approximate surface area is 166 Å². The Bertz CT molecular complexity index is 1240. The van der Waals surface area contributed by atoms with Gasteiger partial charge in [-0.2, -0.15) is 0 Å². The van der Waals surface area contributed by atoms with Crippen LogP contribution < -0.4 is 10.3 Å². The highest BCUT2D eigenvalue weighted by molar-refractivity contribution is 9.10. The Balaban J connectivity index is 2.11. The Hall–Kier alpha value is -3.18. The number of anilines is 1. The Morgan fingerprint density at radius 3 is 2.54 bits per heavy atom. The van der Waals surface area contributed by atoms with Crippen molar-refractivity contribution < 1.29 is 23.4 Å². The van der Waals surface area contributed by atoms with Gasteiger partial charge >= 0.3 is 5.97 Å². The van der Waals surface area contributed by atoms with E-state index >= 15 is 0 Å². The van der Waals surface area contributed by atoms with Crippen LogP contribution in [0.2, 0.25) is 0 Å². The zero-order valence-electron chi connectivity index (χ0n) is 13.9. The van der Waals surface area contributed by atoms with Crippen LogP contribution in [0, 0.1) is 0 Å². The summed E-state index contributed by atoms with van der Waals surface area (Å²) < 4.78 is 28.3. The first-order valence-electron chi connectivity index (χ1n) is 7.63. The SMILES string of the molecule is O=C(O)c1nc(-c2ccccc2NS(=O)(=O)c2cccc(Br)c2)[nH]c(=O)c1O. The molecule has 3 aromatic rings. The summed E-state index contributed by atoms with van der Waals surface area (Å²) >= 11 is 3.21. The van der Waals surface area contributed by atoms with Crippen LogP contribution in [0.25, 0.3) is 11.4 Å². The van der Waals surface area contributed by atoms with E-state index in [0.717, 1.165) is 0 Å². The summed E-state index contributed by atoms with van der Waals surface area (Å²) in [5, 5.41) is 18.7. The van der Waals surface area contributed by atoms with Crippen LogP contribution in [0.1, 0.15) is 10.5 Å². The zero-order valence-corrected chi connectivity index (χ0v) is 16.3. The van der Waals surface area contributed by atoms with Crippen LogP contribution in [0.3, 0.4) is 0 Å². The van der Waals surface area contributed by atoms with Gasteiger partial charge in [-0.05, 0) is 30.3 Å². The van der Waals surface area contributed by atoms with Crippen LogP contribution in [-0.2, 0) is 10.0 Å². The molecule has 0 bridgehead atoms. The molecule has 0 aliphatic heterocycles. The van der Waals surface area contributed by atoms with Crippen LogP contribution in [0.15, 0.2) is 62.7 Å². The molecule has 2 aromatic carbocycles. The topological polar surface area (TPSA) is 149 Å². The van der Waals surface area contributed by atoms with E-state index < -0.39 is 33.0 Å². The number of para-hydroxylation sites is 1. The molecule has 0 atom stereocenters. The van der Waals surface area contributed by atoms with Crippen molar-refractivity contribution in [3.05, 3.63) is 69.1 Å². The lowest BCUT2D eigenvalue weighted by Crippen LogP contribution is -2.17. The molecule has 0 fully saturated rings. The Kier molecular flexibility index (Phi) is 5.21. The molecule has 144 valence electrons. The lowest BCUT2D eigenvalue weighted by Gasteiger charge is -2.13. The van der Waals surface area contributed by atoms with Gasteiger partial charge in [0.25, 0.3) is 15.6 Å². The van der Waals surface area contributed by atoms with E-state index in [0.29, 0.717) is 4.47 Å². The highest BCUT2D eigenvalue weighted by Crippen LogP contribution is 2.28. The molecule has 28 heavy (non-hydrogen) atoms. The van der Waals surface area contributed by atoms with Gasteiger partial charge in [-0.15, -0.1) is 0 Å². The molecule has 0 radical (unpaired) electrons. The van der Waals surface area contributed by atoms with Gasteiger partial charge in [0.15, 0.2) is 5.69 Å². The number of aromatic nitrogens is 2. The second-order valence-corrected chi connectivity index (χ2v) is 8.12. The van der Waals surface area contributed by atoms with Crippen molar-refractivity contribution in [3.8, 4) is 17.1 Å². The number of rotatable bonds is 5. The second-order valence-electron chi connectivity index (χ2n) is 5.53. The molecular formula is C17H12BrN3O6S. The Morgan fingerprint density at radius 2 is 1.86 bits per heavy atom. The minimum atomic E-state index is -3.98. The molecule has 0 amide bonds. The quantitative estimate of drug-likeness (QED) is 0.451. The number of sulfonamides is 1. The van der Waals surface area contributed by atoms with Gasteiger partial charge < -0.3 is 15.2 Å². The largest absolute Gasteiger partial charge is 0.501 e. The number of aromatic amines is 1. The van der Waals surface area contributed by atoms with Crippen LogP contribution in [-0.4, -0.2) is 34.6 Å². The van der Waals surface area contributed by atoms with Gasteiger partial charge in [-0.3, -0.25) is 9.52 Å². The first-order valence-corrected chi connectivity index (χ1v) is 9.91. The maximum Gasteiger partial charge on any atom is 0.358 e. The van der Waals surface area contributed by atoms with Gasteiger partial charge in [-0.1, -0.05) is 34.1 Å². The molecule has 1 aromatic heterocycles. The average molecular weight is 466 g/mol. The molecule has 9 nitrogen and oxygen atoms in total. The summed E-state index contributed by atoms with van der Waals surface area (Å²) in [6.45, 7) is 0. The second kappa shape index (κ2) is 7.44. The first kappa shape index (κ1) is 19.6. The third kappa shape index (κ3) is 3.89. The molecule has 4 N–H and O–H groups in total. The summed E-state index contributed by atoms with van der Waals surface area (Å²) in [4.78, 5) is 29.0. The van der Waals surface area contributed by atoms with E-state index in [1.54, 1.807) is 24.3 Å². The number of aromatic hydroxyl groups is 1. The summed E-state index contributed by atoms with van der Waals surface area (Å²) in [5.74, 6) is -2.85. The van der Waals surface area contributed by atoms with E-state index in [1.807, 2.05) is 0 Å². The molecule has 0 aliphatic rings. The fourth-order valence-electron chi connectivity index (χ4n) is 2.36. The number of carboxylic acids is 1. The number of halogens is 1. The number of hydrogen-bond acceptors (Lipinski definition) is 6. The normalized spacial score (nSPS) is 11.2. The van der Waals surface area contributed by atoms with Crippen molar-refractivity contribution >= 4 is 37.6 Å². The first-order chi connectivity index (χ1) is 13.2. The van der Waals surface area contributed by atoms with E-state index in [4.69, 9.17) is 5.11 Å². The third-order valence-electron chi connectivity index (χ3n) is 3.63. The summed E-state index contributed by atoms with van der Waals surface area (Å²) in [6.07, 6.45) is 0. The van der Waals surface area contributed by atoms with E-state index in [1.165, 1.54) is 24.3 Å². The fourth-order valence-corrected chi connectivity index (χ4v) is 4.04.